The fourth-order valence-electron chi connectivity index (χ4n) is 2.46. The molecule has 0 N–H and O–H groups in total. The van der Waals surface area contributed by atoms with E-state index in [1.165, 1.54) is 30.0 Å². The highest BCUT2D eigenvalue weighted by molar-refractivity contribution is 7.98. The van der Waals surface area contributed by atoms with Crippen LogP contribution in [0.4, 0.5) is 17.6 Å². The fourth-order valence-corrected chi connectivity index (χ4v) is 3.26. The first-order valence-electron chi connectivity index (χ1n) is 8.82. The Morgan fingerprint density at radius 1 is 1.00 bits per heavy atom. The number of ether oxygens (including phenoxy) is 1. The van der Waals surface area contributed by atoms with E-state index in [1.807, 2.05) is 13.8 Å². The van der Waals surface area contributed by atoms with Gasteiger partial charge in [0.1, 0.15) is 0 Å². The molecule has 29 heavy (non-hydrogen) atoms. The molecule has 0 aliphatic rings. The van der Waals surface area contributed by atoms with Gasteiger partial charge in [-0.3, -0.25) is 0 Å². The summed E-state index contributed by atoms with van der Waals surface area (Å²) in [6, 6.07) is 12.7. The monoisotopic (exact) mass is 422 g/mol. The Bertz CT molecular complexity index is 992. The predicted molar refractivity (Wildman–Crippen MR) is 104 cm³/mol. The number of para-hydroxylation sites is 1. The van der Waals surface area contributed by atoms with Crippen molar-refractivity contribution in [3.8, 4) is 11.6 Å². The molecule has 0 aliphatic heterocycles. The van der Waals surface area contributed by atoms with Gasteiger partial charge in [0.15, 0.2) is 16.7 Å². The van der Waals surface area contributed by atoms with Crippen LogP contribution in [0.25, 0.3) is 0 Å². The van der Waals surface area contributed by atoms with Crippen LogP contribution in [-0.2, 0) is 11.9 Å². The van der Waals surface area contributed by atoms with Crippen molar-refractivity contribution in [1.82, 2.24) is 9.97 Å². The van der Waals surface area contributed by atoms with Gasteiger partial charge in [-0.25, -0.2) is 9.37 Å². The van der Waals surface area contributed by atoms with Crippen molar-refractivity contribution < 1.29 is 22.3 Å². The second-order valence-corrected chi connectivity index (χ2v) is 7.53. The summed E-state index contributed by atoms with van der Waals surface area (Å²) in [5.41, 5.74) is 0.494. The molecule has 0 spiro atoms. The number of hydrogen-bond acceptors (Lipinski definition) is 4. The zero-order chi connectivity index (χ0) is 21.0. The van der Waals surface area contributed by atoms with Gasteiger partial charge < -0.3 is 4.74 Å². The van der Waals surface area contributed by atoms with Gasteiger partial charge in [0.25, 0.3) is 0 Å². The Kier molecular flexibility index (Phi) is 6.42. The lowest BCUT2D eigenvalue weighted by molar-refractivity contribution is -0.137. The first kappa shape index (κ1) is 21.1. The number of thioether (sulfide) groups is 1. The summed E-state index contributed by atoms with van der Waals surface area (Å²) < 4.78 is 58.1. The van der Waals surface area contributed by atoms with E-state index in [9.17, 15) is 17.6 Å². The van der Waals surface area contributed by atoms with Crippen molar-refractivity contribution >= 4 is 11.8 Å². The van der Waals surface area contributed by atoms with Crippen LogP contribution in [0, 0.1) is 5.82 Å². The van der Waals surface area contributed by atoms with Gasteiger partial charge in [0, 0.05) is 11.8 Å². The summed E-state index contributed by atoms with van der Waals surface area (Å²) in [5.74, 6) is 0.0178. The topological polar surface area (TPSA) is 35.0 Å². The SMILES string of the molecule is CC(C)c1cc(Oc2ccccc2F)nc(SCc2cccc(C(F)(F)F)c2)n1. The lowest BCUT2D eigenvalue weighted by Crippen LogP contribution is -2.05. The molecule has 0 saturated heterocycles. The van der Waals surface area contributed by atoms with Crippen LogP contribution < -0.4 is 4.74 Å². The number of aromatic nitrogens is 2. The Hall–Kier alpha value is -2.61. The van der Waals surface area contributed by atoms with E-state index in [2.05, 4.69) is 9.97 Å². The van der Waals surface area contributed by atoms with Gasteiger partial charge in [-0.15, -0.1) is 0 Å². The Balaban J connectivity index is 1.82. The lowest BCUT2D eigenvalue weighted by Gasteiger charge is -2.12. The van der Waals surface area contributed by atoms with Crippen molar-refractivity contribution in [3.63, 3.8) is 0 Å². The minimum Gasteiger partial charge on any atom is -0.436 e. The molecule has 152 valence electrons. The van der Waals surface area contributed by atoms with Crippen molar-refractivity contribution in [2.75, 3.05) is 0 Å². The molecule has 0 bridgehead atoms. The van der Waals surface area contributed by atoms with E-state index in [0.29, 0.717) is 16.4 Å². The Morgan fingerprint density at radius 3 is 2.45 bits per heavy atom. The third kappa shape index (κ3) is 5.69. The number of hydrogen-bond donors (Lipinski definition) is 0. The molecule has 8 heteroatoms. The average Bonchev–Trinajstić information content (AvgIpc) is 2.67. The number of nitrogens with zero attached hydrogens (tertiary/aromatic N) is 2. The third-order valence-corrected chi connectivity index (χ3v) is 4.89. The fraction of sp³-hybridized carbons (Fsp3) is 0.238. The highest BCUT2D eigenvalue weighted by atomic mass is 32.2. The molecular weight excluding hydrogens is 404 g/mol. The van der Waals surface area contributed by atoms with Crippen LogP contribution in [0.3, 0.4) is 0 Å². The lowest BCUT2D eigenvalue weighted by atomic mass is 10.1. The van der Waals surface area contributed by atoms with Gasteiger partial charge in [0.05, 0.1) is 11.3 Å². The molecule has 2 aromatic carbocycles. The second kappa shape index (κ2) is 8.82. The van der Waals surface area contributed by atoms with Gasteiger partial charge >= 0.3 is 6.18 Å². The minimum atomic E-state index is -4.39. The number of alkyl halides is 3. The summed E-state index contributed by atoms with van der Waals surface area (Å²) in [5, 5.41) is 0.347. The second-order valence-electron chi connectivity index (χ2n) is 6.59. The number of rotatable bonds is 6. The minimum absolute atomic E-state index is 0.0368. The van der Waals surface area contributed by atoms with Crippen LogP contribution in [0.15, 0.2) is 59.8 Å². The van der Waals surface area contributed by atoms with E-state index in [4.69, 9.17) is 4.74 Å². The van der Waals surface area contributed by atoms with Crippen LogP contribution in [-0.4, -0.2) is 9.97 Å². The molecular formula is C21H18F4N2OS. The number of benzene rings is 2. The summed E-state index contributed by atoms with van der Waals surface area (Å²) in [7, 11) is 0. The van der Waals surface area contributed by atoms with E-state index < -0.39 is 17.6 Å². The molecule has 0 radical (unpaired) electrons. The smallest absolute Gasteiger partial charge is 0.416 e. The van der Waals surface area contributed by atoms with Crippen LogP contribution in [0.2, 0.25) is 0 Å². The molecule has 0 saturated carbocycles. The largest absolute Gasteiger partial charge is 0.436 e. The maximum Gasteiger partial charge on any atom is 0.416 e. The van der Waals surface area contributed by atoms with Crippen molar-refractivity contribution in [2.45, 2.75) is 36.9 Å². The summed E-state index contributed by atoms with van der Waals surface area (Å²) in [4.78, 5) is 8.72. The van der Waals surface area contributed by atoms with Crippen LogP contribution in [0.5, 0.6) is 11.6 Å². The van der Waals surface area contributed by atoms with Crippen LogP contribution in [0.1, 0.15) is 36.6 Å². The van der Waals surface area contributed by atoms with E-state index >= 15 is 0 Å². The van der Waals surface area contributed by atoms with Gasteiger partial charge in [-0.2, -0.15) is 18.2 Å². The quantitative estimate of drug-likeness (QED) is 0.247. The van der Waals surface area contributed by atoms with Gasteiger partial charge in [0.2, 0.25) is 5.88 Å². The van der Waals surface area contributed by atoms with Crippen molar-refractivity contribution in [1.29, 1.82) is 0 Å². The van der Waals surface area contributed by atoms with E-state index in [1.54, 1.807) is 24.3 Å². The molecule has 0 unspecified atom stereocenters. The molecule has 1 aromatic heterocycles. The maximum atomic E-state index is 13.9. The van der Waals surface area contributed by atoms with Gasteiger partial charge in [-0.1, -0.05) is 55.9 Å². The first-order chi connectivity index (χ1) is 13.7. The van der Waals surface area contributed by atoms with Crippen molar-refractivity contribution in [2.24, 2.45) is 0 Å². The predicted octanol–water partition coefficient (Wildman–Crippen LogP) is 6.84. The Labute approximate surface area is 170 Å². The average molecular weight is 422 g/mol. The standard InChI is InChI=1S/C21H18F4N2OS/c1-13(2)17-11-19(28-18-9-4-3-8-16(18)22)27-20(26-17)29-12-14-6-5-7-15(10-14)21(23,24)25/h3-11,13H,12H2,1-2H3. The summed E-state index contributed by atoms with van der Waals surface area (Å²) in [6.45, 7) is 3.88. The molecule has 0 fully saturated rings. The van der Waals surface area contributed by atoms with E-state index in [-0.39, 0.29) is 23.3 Å². The number of halogens is 4. The molecule has 0 amide bonds. The normalized spacial score (nSPS) is 11.7. The highest BCUT2D eigenvalue weighted by Gasteiger charge is 2.30. The molecule has 0 atom stereocenters. The first-order valence-corrected chi connectivity index (χ1v) is 9.81. The summed E-state index contributed by atoms with van der Waals surface area (Å²) in [6.07, 6.45) is -4.39. The van der Waals surface area contributed by atoms with Crippen molar-refractivity contribution in [3.05, 3.63) is 77.2 Å². The molecule has 1 heterocycles. The molecule has 0 aliphatic carbocycles. The Morgan fingerprint density at radius 2 is 1.76 bits per heavy atom. The highest BCUT2D eigenvalue weighted by Crippen LogP contribution is 2.32. The molecule has 3 rings (SSSR count). The van der Waals surface area contributed by atoms with Crippen LogP contribution >= 0.6 is 11.8 Å². The third-order valence-electron chi connectivity index (χ3n) is 3.97. The maximum absolute atomic E-state index is 13.9. The molecule has 3 nitrogen and oxygen atoms in total. The zero-order valence-corrected chi connectivity index (χ0v) is 16.5. The summed E-state index contributed by atoms with van der Waals surface area (Å²) >= 11 is 1.19. The zero-order valence-electron chi connectivity index (χ0n) is 15.7. The molecule has 3 aromatic rings. The van der Waals surface area contributed by atoms with E-state index in [0.717, 1.165) is 12.1 Å². The van der Waals surface area contributed by atoms with Gasteiger partial charge in [-0.05, 0) is 29.7 Å².